The van der Waals surface area contributed by atoms with Crippen molar-refractivity contribution < 1.29 is 4.42 Å². The summed E-state index contributed by atoms with van der Waals surface area (Å²) in [5.74, 6) is 1.37. The van der Waals surface area contributed by atoms with Gasteiger partial charge in [-0.3, -0.25) is 0 Å². The number of nitrogens with zero attached hydrogens (tertiary/aromatic N) is 2. The van der Waals surface area contributed by atoms with Gasteiger partial charge in [-0.15, -0.1) is 10.2 Å². The van der Waals surface area contributed by atoms with Crippen molar-refractivity contribution in [2.75, 3.05) is 0 Å². The minimum absolute atomic E-state index is 0.419. The zero-order valence-electron chi connectivity index (χ0n) is 11.8. The van der Waals surface area contributed by atoms with E-state index in [-0.39, 0.29) is 0 Å². The van der Waals surface area contributed by atoms with Crippen molar-refractivity contribution >= 4 is 0 Å². The van der Waals surface area contributed by atoms with Crippen LogP contribution in [0.15, 0.2) is 28.7 Å². The van der Waals surface area contributed by atoms with Crippen molar-refractivity contribution in [3.05, 3.63) is 47.2 Å². The Morgan fingerprint density at radius 3 is 2.58 bits per heavy atom. The smallest absolute Gasteiger partial charge is 0.230 e. The van der Waals surface area contributed by atoms with E-state index >= 15 is 0 Å². The molecule has 102 valence electrons. The molecular weight excluding hydrogens is 238 g/mol. The van der Waals surface area contributed by atoms with Gasteiger partial charge in [0.15, 0.2) is 0 Å². The first-order valence-electron chi connectivity index (χ1n) is 6.74. The van der Waals surface area contributed by atoms with E-state index < -0.39 is 0 Å². The maximum atomic E-state index is 5.61. The molecule has 0 amide bonds. The van der Waals surface area contributed by atoms with Crippen LogP contribution >= 0.6 is 0 Å². The number of hydrogen-bond acceptors (Lipinski definition) is 4. The highest BCUT2D eigenvalue weighted by atomic mass is 16.4. The van der Waals surface area contributed by atoms with Crippen molar-refractivity contribution in [1.29, 1.82) is 0 Å². The van der Waals surface area contributed by atoms with Gasteiger partial charge in [0.1, 0.15) is 0 Å². The lowest BCUT2D eigenvalue weighted by molar-refractivity contribution is 0.421. The first-order chi connectivity index (χ1) is 9.15. The Bertz CT molecular complexity index is 520. The standard InChI is InChI=1S/C15H21N3O/c1-11(2)16-10-15-18-17-14(19-15)9-8-13-7-5-4-6-12(13)3/h4-7,11,16H,8-10H2,1-3H3. The van der Waals surface area contributed by atoms with Gasteiger partial charge in [-0.05, 0) is 24.5 Å². The molecule has 4 nitrogen and oxygen atoms in total. The van der Waals surface area contributed by atoms with Crippen LogP contribution in [0.25, 0.3) is 0 Å². The number of rotatable bonds is 6. The van der Waals surface area contributed by atoms with Crippen molar-refractivity contribution in [3.63, 3.8) is 0 Å². The predicted molar refractivity (Wildman–Crippen MR) is 74.9 cm³/mol. The quantitative estimate of drug-likeness (QED) is 0.866. The fraction of sp³-hybridized carbons (Fsp3) is 0.467. The van der Waals surface area contributed by atoms with Crippen LogP contribution in [-0.2, 0) is 19.4 Å². The summed E-state index contributed by atoms with van der Waals surface area (Å²) in [4.78, 5) is 0. The molecule has 1 aromatic carbocycles. The van der Waals surface area contributed by atoms with Crippen molar-refractivity contribution in [3.8, 4) is 0 Å². The summed E-state index contributed by atoms with van der Waals surface area (Å²) < 4.78 is 5.61. The molecule has 0 aliphatic rings. The molecular formula is C15H21N3O. The van der Waals surface area contributed by atoms with Crippen LogP contribution in [0, 0.1) is 6.92 Å². The normalized spacial score (nSPS) is 11.2. The molecule has 1 aromatic heterocycles. The van der Waals surface area contributed by atoms with E-state index in [1.807, 2.05) is 0 Å². The van der Waals surface area contributed by atoms with Crippen LogP contribution in [0.1, 0.15) is 36.8 Å². The molecule has 0 radical (unpaired) electrons. The molecule has 0 bridgehead atoms. The summed E-state index contributed by atoms with van der Waals surface area (Å²) >= 11 is 0. The first kappa shape index (κ1) is 13.7. The predicted octanol–water partition coefficient (Wildman–Crippen LogP) is 2.66. The minimum Gasteiger partial charge on any atom is -0.424 e. The van der Waals surface area contributed by atoms with E-state index in [1.54, 1.807) is 0 Å². The SMILES string of the molecule is Cc1ccccc1CCc1nnc(CNC(C)C)o1. The number of aromatic nitrogens is 2. The Labute approximate surface area is 114 Å². The van der Waals surface area contributed by atoms with Gasteiger partial charge in [-0.1, -0.05) is 38.1 Å². The second kappa shape index (κ2) is 6.48. The average Bonchev–Trinajstić information content (AvgIpc) is 2.83. The molecule has 0 spiro atoms. The molecule has 1 N–H and O–H groups in total. The maximum Gasteiger partial charge on any atom is 0.230 e. The summed E-state index contributed by atoms with van der Waals surface area (Å²) in [5.41, 5.74) is 2.64. The van der Waals surface area contributed by atoms with Gasteiger partial charge < -0.3 is 9.73 Å². The summed E-state index contributed by atoms with van der Waals surface area (Å²) in [7, 11) is 0. The molecule has 0 fully saturated rings. The second-order valence-electron chi connectivity index (χ2n) is 5.05. The third kappa shape index (κ3) is 4.17. The number of hydrogen-bond donors (Lipinski definition) is 1. The lowest BCUT2D eigenvalue weighted by atomic mass is 10.0. The largest absolute Gasteiger partial charge is 0.424 e. The van der Waals surface area contributed by atoms with Crippen molar-refractivity contribution in [2.24, 2.45) is 0 Å². The summed E-state index contributed by atoms with van der Waals surface area (Å²) in [6, 6.07) is 8.81. The van der Waals surface area contributed by atoms with Gasteiger partial charge in [0.05, 0.1) is 6.54 Å². The zero-order valence-corrected chi connectivity index (χ0v) is 11.8. The van der Waals surface area contributed by atoms with Crippen LogP contribution in [0.3, 0.4) is 0 Å². The van der Waals surface area contributed by atoms with E-state index in [0.29, 0.717) is 24.4 Å². The zero-order chi connectivity index (χ0) is 13.7. The monoisotopic (exact) mass is 259 g/mol. The summed E-state index contributed by atoms with van der Waals surface area (Å²) in [5, 5.41) is 11.4. The van der Waals surface area contributed by atoms with Gasteiger partial charge in [-0.25, -0.2) is 0 Å². The highest BCUT2D eigenvalue weighted by Crippen LogP contribution is 2.11. The Kier molecular flexibility index (Phi) is 4.68. The molecule has 0 unspecified atom stereocenters. The van der Waals surface area contributed by atoms with Gasteiger partial charge >= 0.3 is 0 Å². The summed E-state index contributed by atoms with van der Waals surface area (Å²) in [6.07, 6.45) is 1.73. The number of nitrogens with one attached hydrogen (secondary N) is 1. The Hall–Kier alpha value is -1.68. The van der Waals surface area contributed by atoms with Crippen LogP contribution < -0.4 is 5.32 Å². The fourth-order valence-electron chi connectivity index (χ4n) is 1.88. The topological polar surface area (TPSA) is 51.0 Å². The Morgan fingerprint density at radius 2 is 1.84 bits per heavy atom. The van der Waals surface area contributed by atoms with Crippen molar-refractivity contribution in [2.45, 2.75) is 46.2 Å². The molecule has 0 aliphatic carbocycles. The molecule has 0 aliphatic heterocycles. The summed E-state index contributed by atoms with van der Waals surface area (Å²) in [6.45, 7) is 6.95. The molecule has 0 atom stereocenters. The third-order valence-electron chi connectivity index (χ3n) is 3.04. The minimum atomic E-state index is 0.419. The molecule has 0 saturated carbocycles. The van der Waals surface area contributed by atoms with Gasteiger partial charge in [0.25, 0.3) is 0 Å². The van der Waals surface area contributed by atoms with Gasteiger partial charge in [0.2, 0.25) is 11.8 Å². The first-order valence-corrected chi connectivity index (χ1v) is 6.74. The molecule has 4 heteroatoms. The Morgan fingerprint density at radius 1 is 1.11 bits per heavy atom. The molecule has 2 rings (SSSR count). The van der Waals surface area contributed by atoms with Crippen LogP contribution in [0.2, 0.25) is 0 Å². The Balaban J connectivity index is 1.88. The lowest BCUT2D eigenvalue weighted by Crippen LogP contribution is -2.21. The third-order valence-corrected chi connectivity index (χ3v) is 3.04. The maximum absolute atomic E-state index is 5.61. The average molecular weight is 259 g/mol. The highest BCUT2D eigenvalue weighted by molar-refractivity contribution is 5.25. The second-order valence-corrected chi connectivity index (χ2v) is 5.05. The number of aryl methyl sites for hydroxylation is 3. The lowest BCUT2D eigenvalue weighted by Gasteiger charge is -2.04. The molecule has 0 saturated heterocycles. The van der Waals surface area contributed by atoms with Crippen molar-refractivity contribution in [1.82, 2.24) is 15.5 Å². The van der Waals surface area contributed by atoms with E-state index in [0.717, 1.165) is 12.8 Å². The molecule has 2 aromatic rings. The van der Waals surface area contributed by atoms with Gasteiger partial charge in [0, 0.05) is 12.5 Å². The highest BCUT2D eigenvalue weighted by Gasteiger charge is 2.07. The fourth-order valence-corrected chi connectivity index (χ4v) is 1.88. The molecule has 19 heavy (non-hydrogen) atoms. The van der Waals surface area contributed by atoms with E-state index in [1.165, 1.54) is 11.1 Å². The van der Waals surface area contributed by atoms with Crippen LogP contribution in [0.4, 0.5) is 0 Å². The van der Waals surface area contributed by atoms with E-state index in [4.69, 9.17) is 4.42 Å². The molecule has 1 heterocycles. The van der Waals surface area contributed by atoms with E-state index in [9.17, 15) is 0 Å². The number of benzene rings is 1. The van der Waals surface area contributed by atoms with Gasteiger partial charge in [-0.2, -0.15) is 0 Å². The van der Waals surface area contributed by atoms with Crippen LogP contribution in [-0.4, -0.2) is 16.2 Å². The van der Waals surface area contributed by atoms with Crippen LogP contribution in [0.5, 0.6) is 0 Å². The van der Waals surface area contributed by atoms with E-state index in [2.05, 4.69) is 60.6 Å².